The average molecular weight is 364 g/mol. The Labute approximate surface area is 165 Å². The third kappa shape index (κ3) is 3.33. The number of ether oxygens (including phenoxy) is 1. The first-order valence-corrected chi connectivity index (χ1v) is 9.24. The molecule has 0 heterocycles. The zero-order valence-electron chi connectivity index (χ0n) is 15.4. The van der Waals surface area contributed by atoms with Gasteiger partial charge in [-0.1, -0.05) is 91.0 Å². The maximum atomic E-state index is 11.0. The predicted octanol–water partition coefficient (Wildman–Crippen LogP) is 5.87. The van der Waals surface area contributed by atoms with Crippen LogP contribution >= 0.6 is 0 Å². The van der Waals surface area contributed by atoms with Crippen molar-refractivity contribution in [3.05, 3.63) is 138 Å². The van der Waals surface area contributed by atoms with Gasteiger partial charge in [0.15, 0.2) is 5.60 Å². The molecule has 4 aromatic rings. The van der Waals surface area contributed by atoms with Gasteiger partial charge in [-0.05, 0) is 24.3 Å². The number of hydrogen-bond acceptors (Lipinski definition) is 2. The summed E-state index contributed by atoms with van der Waals surface area (Å²) in [4.78, 5) is 11.0. The number of aldehydes is 1. The molecule has 2 nitrogen and oxygen atoms in total. The van der Waals surface area contributed by atoms with Crippen molar-refractivity contribution in [1.29, 1.82) is 0 Å². The van der Waals surface area contributed by atoms with Gasteiger partial charge in [-0.3, -0.25) is 4.79 Å². The van der Waals surface area contributed by atoms with Crippen LogP contribution in [0, 0.1) is 0 Å². The molecule has 0 fully saturated rings. The number of carbonyl (C=O) groups excluding carboxylic acids is 1. The Kier molecular flexibility index (Phi) is 5.03. The summed E-state index contributed by atoms with van der Waals surface area (Å²) in [5.41, 5.74) is 2.91. The molecule has 0 aliphatic heterocycles. The molecule has 0 radical (unpaired) electrons. The first-order chi connectivity index (χ1) is 13.8. The van der Waals surface area contributed by atoms with E-state index in [1.54, 1.807) is 12.1 Å². The monoisotopic (exact) mass is 364 g/mol. The van der Waals surface area contributed by atoms with Gasteiger partial charge in [0, 0.05) is 22.3 Å². The molecule has 0 spiro atoms. The molecule has 4 rings (SSSR count). The number of benzene rings is 4. The van der Waals surface area contributed by atoms with Crippen LogP contribution in [0.5, 0.6) is 5.75 Å². The second-order valence-electron chi connectivity index (χ2n) is 6.57. The summed E-state index contributed by atoms with van der Waals surface area (Å²) >= 11 is 0. The molecule has 4 aromatic carbocycles. The smallest absolute Gasteiger partial charge is 0.184 e. The Morgan fingerprint density at radius 1 is 0.536 bits per heavy atom. The minimum atomic E-state index is -0.813. The SMILES string of the molecule is O=Cc1ccc(OC(c2ccccc2)(c2ccccc2)c2ccccc2)cc1. The van der Waals surface area contributed by atoms with Gasteiger partial charge >= 0.3 is 0 Å². The van der Waals surface area contributed by atoms with Crippen LogP contribution in [0.1, 0.15) is 27.0 Å². The molecule has 0 bridgehead atoms. The van der Waals surface area contributed by atoms with E-state index < -0.39 is 5.60 Å². The Morgan fingerprint density at radius 3 is 1.29 bits per heavy atom. The summed E-state index contributed by atoms with van der Waals surface area (Å²) < 4.78 is 6.74. The van der Waals surface area contributed by atoms with Crippen LogP contribution in [0.3, 0.4) is 0 Å². The average Bonchev–Trinajstić information content (AvgIpc) is 2.80. The Morgan fingerprint density at radius 2 is 0.929 bits per heavy atom. The van der Waals surface area contributed by atoms with E-state index in [1.165, 1.54) is 0 Å². The van der Waals surface area contributed by atoms with Crippen LogP contribution in [0.4, 0.5) is 0 Å². The first-order valence-electron chi connectivity index (χ1n) is 9.24. The molecule has 0 aromatic heterocycles. The lowest BCUT2D eigenvalue weighted by Gasteiger charge is -2.36. The Hall–Kier alpha value is -3.65. The predicted molar refractivity (Wildman–Crippen MR) is 112 cm³/mol. The summed E-state index contributed by atoms with van der Waals surface area (Å²) in [6, 6.07) is 37.9. The molecule has 2 heteroatoms. The molecule has 0 N–H and O–H groups in total. The first kappa shape index (κ1) is 17.7. The topological polar surface area (TPSA) is 26.3 Å². The van der Waals surface area contributed by atoms with E-state index in [9.17, 15) is 4.79 Å². The van der Waals surface area contributed by atoms with Crippen molar-refractivity contribution < 1.29 is 9.53 Å². The molecular formula is C26H20O2. The highest BCUT2D eigenvalue weighted by atomic mass is 16.5. The van der Waals surface area contributed by atoms with Crippen molar-refractivity contribution in [1.82, 2.24) is 0 Å². The van der Waals surface area contributed by atoms with E-state index in [-0.39, 0.29) is 0 Å². The Balaban J connectivity index is 1.96. The van der Waals surface area contributed by atoms with Crippen LogP contribution in [0.25, 0.3) is 0 Å². The van der Waals surface area contributed by atoms with Crippen molar-refractivity contribution in [3.8, 4) is 5.75 Å². The standard InChI is InChI=1S/C26H20O2/c27-20-21-16-18-25(19-17-21)28-26(22-10-4-1-5-11-22,23-12-6-2-7-13-23)24-14-8-3-9-15-24/h1-20H. The summed E-state index contributed by atoms with van der Waals surface area (Å²) in [6.07, 6.45) is 0.836. The van der Waals surface area contributed by atoms with E-state index in [0.717, 1.165) is 23.0 Å². The maximum Gasteiger partial charge on any atom is 0.184 e. The molecule has 0 atom stereocenters. The van der Waals surface area contributed by atoms with Crippen LogP contribution in [-0.4, -0.2) is 6.29 Å². The maximum absolute atomic E-state index is 11.0. The molecule has 0 aliphatic rings. The van der Waals surface area contributed by atoms with Crippen molar-refractivity contribution >= 4 is 6.29 Å². The van der Waals surface area contributed by atoms with Gasteiger partial charge in [-0.25, -0.2) is 0 Å². The van der Waals surface area contributed by atoms with E-state index >= 15 is 0 Å². The molecule has 0 aliphatic carbocycles. The van der Waals surface area contributed by atoms with E-state index in [2.05, 4.69) is 36.4 Å². The van der Waals surface area contributed by atoms with E-state index in [0.29, 0.717) is 11.3 Å². The van der Waals surface area contributed by atoms with Crippen LogP contribution in [-0.2, 0) is 5.60 Å². The minimum Gasteiger partial charge on any atom is -0.473 e. The third-order valence-corrected chi connectivity index (χ3v) is 4.83. The lowest BCUT2D eigenvalue weighted by atomic mass is 9.80. The van der Waals surface area contributed by atoms with E-state index in [1.807, 2.05) is 66.7 Å². The zero-order valence-corrected chi connectivity index (χ0v) is 15.4. The number of rotatable bonds is 6. The second-order valence-corrected chi connectivity index (χ2v) is 6.57. The fourth-order valence-electron chi connectivity index (χ4n) is 3.49. The Bertz CT molecular complexity index is 927. The largest absolute Gasteiger partial charge is 0.473 e. The van der Waals surface area contributed by atoms with Crippen LogP contribution in [0.2, 0.25) is 0 Å². The van der Waals surface area contributed by atoms with Gasteiger partial charge in [-0.2, -0.15) is 0 Å². The molecule has 0 amide bonds. The summed E-state index contributed by atoms with van der Waals surface area (Å²) in [5.74, 6) is 0.696. The van der Waals surface area contributed by atoms with Gasteiger partial charge < -0.3 is 4.74 Å². The quantitative estimate of drug-likeness (QED) is 0.316. The zero-order chi connectivity index (χ0) is 19.2. The highest BCUT2D eigenvalue weighted by molar-refractivity contribution is 5.74. The summed E-state index contributed by atoms with van der Waals surface area (Å²) in [5, 5.41) is 0. The summed E-state index contributed by atoms with van der Waals surface area (Å²) in [6.45, 7) is 0. The number of hydrogen-bond donors (Lipinski definition) is 0. The highest BCUT2D eigenvalue weighted by Crippen LogP contribution is 2.41. The molecule has 0 unspecified atom stereocenters. The van der Waals surface area contributed by atoms with Crippen molar-refractivity contribution in [2.24, 2.45) is 0 Å². The fraction of sp³-hybridized carbons (Fsp3) is 0.0385. The molecule has 136 valence electrons. The summed E-state index contributed by atoms with van der Waals surface area (Å²) in [7, 11) is 0. The van der Waals surface area contributed by atoms with Crippen molar-refractivity contribution in [3.63, 3.8) is 0 Å². The third-order valence-electron chi connectivity index (χ3n) is 4.83. The van der Waals surface area contributed by atoms with Crippen LogP contribution < -0.4 is 4.74 Å². The lowest BCUT2D eigenvalue weighted by Crippen LogP contribution is -2.36. The second kappa shape index (κ2) is 7.93. The van der Waals surface area contributed by atoms with Gasteiger partial charge in [0.05, 0.1) is 0 Å². The van der Waals surface area contributed by atoms with Gasteiger partial charge in [0.1, 0.15) is 12.0 Å². The minimum absolute atomic E-state index is 0.622. The van der Waals surface area contributed by atoms with Gasteiger partial charge in [0.2, 0.25) is 0 Å². The lowest BCUT2D eigenvalue weighted by molar-refractivity contribution is 0.112. The molecule has 28 heavy (non-hydrogen) atoms. The van der Waals surface area contributed by atoms with Gasteiger partial charge in [0.25, 0.3) is 0 Å². The molecule has 0 saturated carbocycles. The van der Waals surface area contributed by atoms with E-state index in [4.69, 9.17) is 4.74 Å². The highest BCUT2D eigenvalue weighted by Gasteiger charge is 2.38. The molecule has 0 saturated heterocycles. The van der Waals surface area contributed by atoms with Crippen molar-refractivity contribution in [2.45, 2.75) is 5.60 Å². The van der Waals surface area contributed by atoms with Crippen molar-refractivity contribution in [2.75, 3.05) is 0 Å². The fourth-order valence-corrected chi connectivity index (χ4v) is 3.49. The normalized spacial score (nSPS) is 11.0. The van der Waals surface area contributed by atoms with Gasteiger partial charge in [-0.15, -0.1) is 0 Å². The van der Waals surface area contributed by atoms with Crippen LogP contribution in [0.15, 0.2) is 115 Å². The number of carbonyl (C=O) groups is 1. The molecular weight excluding hydrogens is 344 g/mol.